The zero-order valence-corrected chi connectivity index (χ0v) is 16.9. The average Bonchev–Trinajstić information content (AvgIpc) is 3.32. The second kappa shape index (κ2) is 7.71. The predicted octanol–water partition coefficient (Wildman–Crippen LogP) is 3.83. The number of anilines is 1. The number of thiophene rings is 1. The van der Waals surface area contributed by atoms with E-state index in [1.165, 1.54) is 34.1 Å². The molecule has 0 aromatic carbocycles. The van der Waals surface area contributed by atoms with Gasteiger partial charge in [-0.25, -0.2) is 9.78 Å². The van der Waals surface area contributed by atoms with Crippen molar-refractivity contribution in [2.75, 3.05) is 18.0 Å². The Kier molecular flexibility index (Phi) is 5.26. The number of alkyl halides is 3. The van der Waals surface area contributed by atoms with Crippen molar-refractivity contribution < 1.29 is 13.2 Å². The van der Waals surface area contributed by atoms with Crippen LogP contribution in [0.1, 0.15) is 26.7 Å². The Hall–Kier alpha value is -2.53. The number of rotatable bonds is 4. The van der Waals surface area contributed by atoms with Crippen molar-refractivity contribution in [3.63, 3.8) is 0 Å². The first-order valence-corrected chi connectivity index (χ1v) is 10.4. The molecule has 0 bridgehead atoms. The molecule has 0 N–H and O–H groups in total. The van der Waals surface area contributed by atoms with E-state index in [4.69, 9.17) is 0 Å². The predicted molar refractivity (Wildman–Crippen MR) is 106 cm³/mol. The van der Waals surface area contributed by atoms with Crippen LogP contribution in [-0.2, 0) is 12.7 Å². The summed E-state index contributed by atoms with van der Waals surface area (Å²) in [5.74, 6) is 0.323. The molecule has 4 heterocycles. The van der Waals surface area contributed by atoms with Crippen LogP contribution in [0, 0.1) is 6.92 Å². The minimum absolute atomic E-state index is 0.00857. The highest BCUT2D eigenvalue weighted by Crippen LogP contribution is 2.34. The third-order valence-electron chi connectivity index (χ3n) is 4.46. The minimum atomic E-state index is -4.38. The first-order valence-electron chi connectivity index (χ1n) is 8.76. The van der Waals surface area contributed by atoms with Crippen LogP contribution in [0.15, 0.2) is 35.4 Å². The molecule has 1 aliphatic heterocycles. The largest absolute Gasteiger partial charge is 0.425 e. The molecule has 3 aromatic rings. The summed E-state index contributed by atoms with van der Waals surface area (Å²) < 4.78 is 43.7. The second-order valence-electron chi connectivity index (χ2n) is 6.59. The molecule has 0 fully saturated rings. The fourth-order valence-electron chi connectivity index (χ4n) is 2.98. The molecule has 152 valence electrons. The summed E-state index contributed by atoms with van der Waals surface area (Å²) in [5.41, 5.74) is 1.68. The Morgan fingerprint density at radius 2 is 2.10 bits per heavy atom. The molecule has 0 aliphatic carbocycles. The summed E-state index contributed by atoms with van der Waals surface area (Å²) in [4.78, 5) is 23.4. The van der Waals surface area contributed by atoms with Gasteiger partial charge in [-0.2, -0.15) is 22.5 Å². The summed E-state index contributed by atoms with van der Waals surface area (Å²) in [6.45, 7) is 3.22. The quantitative estimate of drug-likeness (QED) is 0.618. The number of nitrogens with zero attached hydrogens (tertiary/aromatic N) is 5. The van der Waals surface area contributed by atoms with Crippen LogP contribution in [0.5, 0.6) is 0 Å². The Labute approximate surface area is 172 Å². The highest BCUT2D eigenvalue weighted by Gasteiger charge is 2.32. The van der Waals surface area contributed by atoms with Crippen molar-refractivity contribution in [3.05, 3.63) is 61.4 Å². The van der Waals surface area contributed by atoms with Crippen molar-refractivity contribution in [2.45, 2.75) is 26.1 Å². The van der Waals surface area contributed by atoms with Gasteiger partial charge in [0, 0.05) is 18.0 Å². The molecule has 0 amide bonds. The lowest BCUT2D eigenvalue weighted by Gasteiger charge is -2.25. The van der Waals surface area contributed by atoms with E-state index in [-0.39, 0.29) is 6.54 Å². The topological polar surface area (TPSA) is 63.9 Å². The molecular weight excluding hydrogens is 423 g/mol. The third-order valence-corrected chi connectivity index (χ3v) is 6.53. The van der Waals surface area contributed by atoms with Gasteiger partial charge >= 0.3 is 11.9 Å². The van der Waals surface area contributed by atoms with Crippen molar-refractivity contribution in [2.24, 2.45) is 0 Å². The van der Waals surface area contributed by atoms with Crippen LogP contribution in [0.2, 0.25) is 0 Å². The Morgan fingerprint density at radius 3 is 2.69 bits per heavy atom. The van der Waals surface area contributed by atoms with Crippen molar-refractivity contribution in [3.8, 4) is 0 Å². The van der Waals surface area contributed by atoms with Crippen molar-refractivity contribution in [1.82, 2.24) is 18.9 Å². The average molecular weight is 439 g/mol. The van der Waals surface area contributed by atoms with Gasteiger partial charge in [0.15, 0.2) is 0 Å². The van der Waals surface area contributed by atoms with Gasteiger partial charge in [-0.3, -0.25) is 4.57 Å². The molecule has 0 spiro atoms. The van der Waals surface area contributed by atoms with Crippen LogP contribution in [0.25, 0.3) is 5.57 Å². The first kappa shape index (κ1) is 19.8. The van der Waals surface area contributed by atoms with E-state index >= 15 is 0 Å². The number of aryl methyl sites for hydroxylation is 1. The third kappa shape index (κ3) is 4.40. The fourth-order valence-corrected chi connectivity index (χ4v) is 4.68. The van der Waals surface area contributed by atoms with Gasteiger partial charge < -0.3 is 4.90 Å². The molecule has 11 heteroatoms. The highest BCUT2D eigenvalue weighted by molar-refractivity contribution is 7.12. The van der Waals surface area contributed by atoms with E-state index in [0.29, 0.717) is 35.3 Å². The maximum atomic E-state index is 12.7. The number of hydrogen-bond acceptors (Lipinski definition) is 7. The van der Waals surface area contributed by atoms with Gasteiger partial charge in [-0.15, -0.1) is 11.3 Å². The van der Waals surface area contributed by atoms with Crippen molar-refractivity contribution >= 4 is 34.4 Å². The summed E-state index contributed by atoms with van der Waals surface area (Å²) >= 11 is 2.08. The molecule has 1 aliphatic rings. The molecule has 0 unspecified atom stereocenters. The van der Waals surface area contributed by atoms with Gasteiger partial charge in [0.05, 0.1) is 17.1 Å². The standard InChI is InChI=1S/C18H16F3N5OS2/c1-11-8-14(29-24-11)12-4-6-25(7-5-12)16-22-10-26(17(27)23-16)9-13-2-3-15(28-13)18(19,20)21/h2-4,8,10H,5-7,9H2,1H3. The molecule has 0 saturated heterocycles. The number of hydrogen-bond donors (Lipinski definition) is 0. The maximum Gasteiger partial charge on any atom is 0.425 e. The lowest BCUT2D eigenvalue weighted by atomic mass is 10.1. The lowest BCUT2D eigenvalue weighted by Crippen LogP contribution is -2.33. The summed E-state index contributed by atoms with van der Waals surface area (Å²) in [7, 11) is 0. The SMILES string of the molecule is Cc1cc(C2=CCN(c3ncn(Cc4ccc(C(F)(F)F)s4)c(=O)n3)CC2)sn1. The van der Waals surface area contributed by atoms with Gasteiger partial charge in [0.2, 0.25) is 5.95 Å². The maximum absolute atomic E-state index is 12.7. The fraction of sp³-hybridized carbons (Fsp3) is 0.333. The summed E-state index contributed by atoms with van der Waals surface area (Å²) in [6.07, 6.45) is -0.171. The van der Waals surface area contributed by atoms with Crippen LogP contribution in [0.3, 0.4) is 0 Å². The molecule has 0 saturated carbocycles. The molecule has 29 heavy (non-hydrogen) atoms. The van der Waals surface area contributed by atoms with Crippen LogP contribution < -0.4 is 10.6 Å². The van der Waals surface area contributed by atoms with E-state index in [9.17, 15) is 18.0 Å². The molecule has 6 nitrogen and oxygen atoms in total. The Balaban J connectivity index is 1.46. The van der Waals surface area contributed by atoms with E-state index < -0.39 is 16.7 Å². The molecule has 3 aromatic heterocycles. The van der Waals surface area contributed by atoms with E-state index in [0.717, 1.165) is 23.1 Å². The summed E-state index contributed by atoms with van der Waals surface area (Å²) in [5, 5.41) is 0. The molecule has 0 radical (unpaired) electrons. The first-order chi connectivity index (χ1) is 13.8. The van der Waals surface area contributed by atoms with Gasteiger partial charge in [0.25, 0.3) is 0 Å². The summed E-state index contributed by atoms with van der Waals surface area (Å²) in [6, 6.07) is 4.44. The highest BCUT2D eigenvalue weighted by atomic mass is 32.1. The van der Waals surface area contributed by atoms with Crippen molar-refractivity contribution in [1.29, 1.82) is 0 Å². The monoisotopic (exact) mass is 439 g/mol. The van der Waals surface area contributed by atoms with Crippen LogP contribution in [0.4, 0.5) is 19.1 Å². The van der Waals surface area contributed by atoms with Crippen LogP contribution in [-0.4, -0.2) is 32.0 Å². The van der Waals surface area contributed by atoms with Crippen LogP contribution >= 0.6 is 22.9 Å². The minimum Gasteiger partial charge on any atom is -0.337 e. The Bertz CT molecular complexity index is 1120. The van der Waals surface area contributed by atoms with Gasteiger partial charge in [-0.1, -0.05) is 6.08 Å². The molecule has 0 atom stereocenters. The van der Waals surface area contributed by atoms with Gasteiger partial charge in [-0.05, 0) is 48.6 Å². The van der Waals surface area contributed by atoms with E-state index in [2.05, 4.69) is 26.5 Å². The molecule has 4 rings (SSSR count). The number of halogens is 3. The smallest absolute Gasteiger partial charge is 0.337 e. The number of aromatic nitrogens is 4. The Morgan fingerprint density at radius 1 is 1.28 bits per heavy atom. The normalized spacial score (nSPS) is 14.9. The van der Waals surface area contributed by atoms with E-state index in [1.54, 1.807) is 0 Å². The van der Waals surface area contributed by atoms with Gasteiger partial charge in [0.1, 0.15) is 11.2 Å². The zero-order chi connectivity index (χ0) is 20.6. The second-order valence-corrected chi connectivity index (χ2v) is 8.56. The zero-order valence-electron chi connectivity index (χ0n) is 15.3. The molecular formula is C18H16F3N5OS2. The lowest BCUT2D eigenvalue weighted by molar-refractivity contribution is -0.134. The van der Waals surface area contributed by atoms with E-state index in [1.807, 2.05) is 11.8 Å².